The van der Waals surface area contributed by atoms with Gasteiger partial charge in [0.05, 0.1) is 23.1 Å². The number of rotatable bonds is 3. The summed E-state index contributed by atoms with van der Waals surface area (Å²) < 4.78 is 70.8. The van der Waals surface area contributed by atoms with Crippen molar-refractivity contribution in [1.29, 1.82) is 0 Å². The molecule has 0 amide bonds. The fraction of sp³-hybridized carbons (Fsp3) is 0.364. The number of alkyl halides is 3. The van der Waals surface area contributed by atoms with Gasteiger partial charge in [-0.25, -0.2) is 4.52 Å². The number of pyridine rings is 1. The van der Waals surface area contributed by atoms with Gasteiger partial charge in [0.2, 0.25) is 0 Å². The minimum absolute atomic E-state index is 0.0912. The van der Waals surface area contributed by atoms with E-state index in [-0.39, 0.29) is 17.0 Å². The van der Waals surface area contributed by atoms with E-state index in [2.05, 4.69) is 9.84 Å². The highest BCUT2D eigenvalue weighted by Gasteiger charge is 2.43. The first-order valence-corrected chi connectivity index (χ1v) is 5.09. The summed E-state index contributed by atoms with van der Waals surface area (Å²) in [6.07, 6.45) is -5.18. The van der Waals surface area contributed by atoms with Crippen molar-refractivity contribution >= 4 is 11.2 Å². The Bertz CT molecular complexity index is 685. The van der Waals surface area contributed by atoms with Gasteiger partial charge >= 0.3 is 6.18 Å². The van der Waals surface area contributed by atoms with E-state index in [0.717, 1.165) is 13.2 Å². The van der Waals surface area contributed by atoms with Crippen LogP contribution in [0.15, 0.2) is 18.5 Å². The number of nitrogens with zero attached hydrogens (tertiary/aromatic N) is 2. The van der Waals surface area contributed by atoms with Crippen LogP contribution >= 0.6 is 0 Å². The molecule has 0 unspecified atom stereocenters. The zero-order chi connectivity index (χ0) is 16.7. The van der Waals surface area contributed by atoms with Crippen LogP contribution in [0.1, 0.15) is 15.8 Å². The monoisotopic (exact) mass is 278 g/mol. The lowest BCUT2D eigenvalue weighted by Crippen LogP contribution is -2.23. The molecule has 0 aliphatic heterocycles. The van der Waals surface area contributed by atoms with Gasteiger partial charge in [-0.15, -0.1) is 0 Å². The maximum atomic E-state index is 13.2. The lowest BCUT2D eigenvalue weighted by atomic mass is 10.1. The van der Waals surface area contributed by atoms with E-state index in [1.807, 2.05) is 0 Å². The van der Waals surface area contributed by atoms with Gasteiger partial charge in [-0.1, -0.05) is 0 Å². The minimum Gasteiger partial charge on any atom is -0.494 e. The van der Waals surface area contributed by atoms with Gasteiger partial charge in [-0.05, 0) is 6.07 Å². The van der Waals surface area contributed by atoms with E-state index in [1.165, 1.54) is 16.9 Å². The van der Waals surface area contributed by atoms with E-state index in [4.69, 9.17) is 14.6 Å². The van der Waals surface area contributed by atoms with Crippen LogP contribution in [0.25, 0.3) is 5.52 Å². The number of nitrogens with two attached hydrogens (primary N) is 1. The second-order valence-electron chi connectivity index (χ2n) is 3.74. The molecule has 2 aromatic heterocycles. The van der Waals surface area contributed by atoms with E-state index >= 15 is 0 Å². The summed E-state index contributed by atoms with van der Waals surface area (Å²) >= 11 is 0. The van der Waals surface area contributed by atoms with Crippen molar-refractivity contribution in [2.75, 3.05) is 19.9 Å². The highest BCUT2D eigenvalue weighted by molar-refractivity contribution is 5.78. The summed E-state index contributed by atoms with van der Waals surface area (Å²) in [6, 6.07) is 1.03. The highest BCUT2D eigenvalue weighted by Crippen LogP contribution is 2.41. The molecule has 2 N–H and O–H groups in total. The number of fused-ring (bicyclic) bond motifs is 1. The zero-order valence-electron chi connectivity index (χ0n) is 12.7. The Kier molecular flexibility index (Phi) is 2.41. The molecule has 2 aromatic rings. The van der Waals surface area contributed by atoms with Crippen molar-refractivity contribution in [3.05, 3.63) is 24.0 Å². The first kappa shape index (κ1) is 9.90. The summed E-state index contributed by atoms with van der Waals surface area (Å²) in [7, 11) is -2.09. The molecule has 0 saturated heterocycles. The fourth-order valence-electron chi connectivity index (χ4n) is 1.81. The van der Waals surface area contributed by atoms with Crippen molar-refractivity contribution in [2.45, 2.75) is 12.3 Å². The summed E-state index contributed by atoms with van der Waals surface area (Å²) in [6.45, 7) is 0. The van der Waals surface area contributed by atoms with Crippen LogP contribution in [-0.2, 0) is 4.74 Å². The molecule has 2 heterocycles. The third kappa shape index (κ3) is 2.19. The van der Waals surface area contributed by atoms with Crippen LogP contribution in [0.4, 0.5) is 18.9 Å². The molecule has 5 nitrogen and oxygen atoms in total. The number of ether oxygens (including phenoxy) is 2. The number of methoxy groups -OCH3 is 2. The first-order valence-electron chi connectivity index (χ1n) is 6.59. The Hall–Kier alpha value is -1.96. The smallest absolute Gasteiger partial charge is 0.418 e. The van der Waals surface area contributed by atoms with Crippen molar-refractivity contribution in [1.82, 2.24) is 9.61 Å². The number of hydrogen-bond donors (Lipinski definition) is 1. The Morgan fingerprint density at radius 2 is 2.26 bits per heavy atom. The summed E-state index contributed by atoms with van der Waals surface area (Å²) in [5.41, 5.74) is 5.36. The summed E-state index contributed by atoms with van der Waals surface area (Å²) in [5.74, 6) is -0.246. The van der Waals surface area contributed by atoms with E-state index in [1.54, 1.807) is 0 Å². The predicted octanol–water partition coefficient (Wildman–Crippen LogP) is 2.17. The highest BCUT2D eigenvalue weighted by atomic mass is 19.4. The lowest BCUT2D eigenvalue weighted by Gasteiger charge is -2.21. The zero-order valence-corrected chi connectivity index (χ0v) is 9.73. The molecule has 0 saturated carbocycles. The van der Waals surface area contributed by atoms with Crippen molar-refractivity contribution in [3.8, 4) is 5.75 Å². The third-order valence-corrected chi connectivity index (χ3v) is 2.60. The predicted molar refractivity (Wildman–Crippen MR) is 62.0 cm³/mol. The normalized spacial score (nSPS) is 16.7. The van der Waals surface area contributed by atoms with Crippen LogP contribution in [0.2, 0.25) is 0 Å². The molecule has 104 valence electrons. The molecule has 0 spiro atoms. The van der Waals surface area contributed by atoms with E-state index in [9.17, 15) is 13.2 Å². The average Bonchev–Trinajstić information content (AvgIpc) is 2.75. The summed E-state index contributed by atoms with van der Waals surface area (Å²) in [4.78, 5) is 0. The molecule has 0 radical (unpaired) electrons. The van der Waals surface area contributed by atoms with Crippen molar-refractivity contribution in [2.24, 2.45) is 0 Å². The molecule has 19 heavy (non-hydrogen) atoms. The Morgan fingerprint density at radius 1 is 1.53 bits per heavy atom. The molecule has 0 fully saturated rings. The van der Waals surface area contributed by atoms with Gasteiger partial charge in [-0.3, -0.25) is 0 Å². The van der Waals surface area contributed by atoms with Gasteiger partial charge in [-0.2, -0.15) is 18.3 Å². The van der Waals surface area contributed by atoms with Crippen molar-refractivity contribution in [3.63, 3.8) is 0 Å². The largest absolute Gasteiger partial charge is 0.494 e. The van der Waals surface area contributed by atoms with Crippen LogP contribution in [0.3, 0.4) is 0 Å². The second-order valence-corrected chi connectivity index (χ2v) is 3.74. The number of hydrogen-bond acceptors (Lipinski definition) is 4. The van der Waals surface area contributed by atoms with Crippen LogP contribution in [-0.4, -0.2) is 29.9 Å². The van der Waals surface area contributed by atoms with Crippen LogP contribution in [0.5, 0.6) is 5.75 Å². The van der Waals surface area contributed by atoms with Crippen molar-refractivity contribution < 1.29 is 26.8 Å². The van der Waals surface area contributed by atoms with Gasteiger partial charge in [0.25, 0.3) is 0 Å². The molecular formula is C11H12F3N3O2. The van der Waals surface area contributed by atoms with Gasteiger partial charge < -0.3 is 15.2 Å². The third-order valence-electron chi connectivity index (χ3n) is 2.60. The van der Waals surface area contributed by atoms with E-state index in [0.29, 0.717) is 0 Å². The number of aromatic nitrogens is 2. The van der Waals surface area contributed by atoms with Gasteiger partial charge in [0.1, 0.15) is 5.52 Å². The topological polar surface area (TPSA) is 61.8 Å². The Labute approximate surface area is 110 Å². The molecule has 0 aromatic carbocycles. The SMILES string of the molecule is [2H]C([2H])([2H])O[C@@H](c1ccn2ncc(N)c2c1OC)C(F)(F)F. The van der Waals surface area contributed by atoms with Crippen LogP contribution in [0, 0.1) is 0 Å². The maximum absolute atomic E-state index is 13.2. The summed E-state index contributed by atoms with van der Waals surface area (Å²) in [5, 5.41) is 3.84. The standard InChI is InChI=1S/C11H12F3N3O2/c1-18-9-6(10(19-2)11(12,13)14)3-4-17-8(9)7(15)5-16-17/h3-5,10H,15H2,1-2H3/t10-/m0/s1/i2D3. The lowest BCUT2D eigenvalue weighted by molar-refractivity contribution is -0.216. The van der Waals surface area contributed by atoms with Gasteiger partial charge in [0.15, 0.2) is 11.9 Å². The first-order chi connectivity index (χ1) is 10.0. The second kappa shape index (κ2) is 4.61. The molecule has 2 rings (SSSR count). The number of halogens is 3. The molecule has 0 aliphatic rings. The molecule has 8 heteroatoms. The number of anilines is 1. The quantitative estimate of drug-likeness (QED) is 0.934. The molecule has 0 bridgehead atoms. The molecule has 0 aliphatic carbocycles. The fourth-order valence-corrected chi connectivity index (χ4v) is 1.81. The molecular weight excluding hydrogens is 263 g/mol. The Morgan fingerprint density at radius 3 is 2.84 bits per heavy atom. The van der Waals surface area contributed by atoms with E-state index < -0.39 is 24.9 Å². The van der Waals surface area contributed by atoms with Gasteiger partial charge in [0, 0.05) is 18.8 Å². The minimum atomic E-state index is -4.95. The van der Waals surface area contributed by atoms with Crippen LogP contribution < -0.4 is 10.5 Å². The maximum Gasteiger partial charge on any atom is 0.418 e. The average molecular weight is 278 g/mol. The molecule has 1 atom stereocenters. The number of nitrogen functional groups attached to an aromatic ring is 1. The Balaban J connectivity index is 2.65.